The minimum absolute atomic E-state index is 0.238. The van der Waals surface area contributed by atoms with Crippen LogP contribution in [0.25, 0.3) is 0 Å². The van der Waals surface area contributed by atoms with Gasteiger partial charge in [0.2, 0.25) is 0 Å². The van der Waals surface area contributed by atoms with E-state index in [-0.39, 0.29) is 12.6 Å². The number of rotatable bonds is 6. The predicted octanol–water partition coefficient (Wildman–Crippen LogP) is 2.39. The van der Waals surface area contributed by atoms with Crippen molar-refractivity contribution < 1.29 is 18.6 Å². The molecule has 0 saturated carbocycles. The maximum Gasteiger partial charge on any atom is 0.159 e. The van der Waals surface area contributed by atoms with Crippen molar-refractivity contribution >= 4 is 0 Å². The molecular weight excluding hydrogens is 290 g/mol. The van der Waals surface area contributed by atoms with Crippen LogP contribution in [0, 0.1) is 23.0 Å². The molecule has 1 heterocycles. The molecule has 6 heteroatoms. The Morgan fingerprint density at radius 3 is 2.68 bits per heavy atom. The molecule has 0 radical (unpaired) electrons. The zero-order chi connectivity index (χ0) is 15.9. The number of aliphatic hydroxyl groups is 1. The van der Waals surface area contributed by atoms with Gasteiger partial charge in [0.05, 0.1) is 12.2 Å². The second-order valence-corrected chi connectivity index (χ2v) is 5.44. The topological polar surface area (TPSA) is 56.5 Å². The van der Waals surface area contributed by atoms with Gasteiger partial charge < -0.3 is 9.84 Å². The van der Waals surface area contributed by atoms with Crippen LogP contribution in [0.1, 0.15) is 30.9 Å². The van der Waals surface area contributed by atoms with Crippen LogP contribution in [0.4, 0.5) is 8.78 Å². The van der Waals surface area contributed by atoms with Gasteiger partial charge in [-0.3, -0.25) is 4.90 Å². The van der Waals surface area contributed by atoms with Crippen LogP contribution in [0.5, 0.6) is 0 Å². The first kappa shape index (κ1) is 16.8. The van der Waals surface area contributed by atoms with E-state index in [0.717, 1.165) is 25.0 Å². The standard InChI is InChI=1S/C16H20F2N2O2/c17-14-3-2-12(10-15(14)18)16(21)11-20(7-1-6-19)13-4-8-22-9-5-13/h2-3,10,13,16,21H,1,4-5,7-9,11H2. The van der Waals surface area contributed by atoms with Crippen molar-refractivity contribution in [1.29, 1.82) is 5.26 Å². The van der Waals surface area contributed by atoms with Gasteiger partial charge in [0, 0.05) is 38.8 Å². The summed E-state index contributed by atoms with van der Waals surface area (Å²) in [6, 6.07) is 5.76. The summed E-state index contributed by atoms with van der Waals surface area (Å²) in [7, 11) is 0. The van der Waals surface area contributed by atoms with Crippen molar-refractivity contribution in [3.63, 3.8) is 0 Å². The van der Waals surface area contributed by atoms with Crippen molar-refractivity contribution in [1.82, 2.24) is 4.90 Å². The SMILES string of the molecule is N#CCCN(CC(O)c1ccc(F)c(F)c1)C1CCOCC1. The molecule has 1 N–H and O–H groups in total. The molecular formula is C16H20F2N2O2. The Bertz CT molecular complexity index is 527. The lowest BCUT2D eigenvalue weighted by atomic mass is 10.0. The van der Waals surface area contributed by atoms with Crippen molar-refractivity contribution in [2.75, 3.05) is 26.3 Å². The summed E-state index contributed by atoms with van der Waals surface area (Å²) >= 11 is 0. The lowest BCUT2D eigenvalue weighted by Gasteiger charge is -2.35. The fraction of sp³-hybridized carbons (Fsp3) is 0.562. The van der Waals surface area contributed by atoms with Gasteiger partial charge in [-0.05, 0) is 30.5 Å². The fourth-order valence-electron chi connectivity index (χ4n) is 2.71. The summed E-state index contributed by atoms with van der Waals surface area (Å²) in [5.74, 6) is -1.90. The van der Waals surface area contributed by atoms with Gasteiger partial charge >= 0.3 is 0 Å². The van der Waals surface area contributed by atoms with Crippen molar-refractivity contribution in [2.45, 2.75) is 31.4 Å². The summed E-state index contributed by atoms with van der Waals surface area (Å²) in [5.41, 5.74) is 0.341. The summed E-state index contributed by atoms with van der Waals surface area (Å²) in [6.45, 7) is 2.16. The van der Waals surface area contributed by atoms with Gasteiger partial charge in [-0.15, -0.1) is 0 Å². The third-order valence-corrected chi connectivity index (χ3v) is 3.95. The molecule has 1 aromatic rings. The average Bonchev–Trinajstić information content (AvgIpc) is 2.54. The summed E-state index contributed by atoms with van der Waals surface area (Å²) in [5, 5.41) is 19.1. The van der Waals surface area contributed by atoms with Crippen LogP contribution >= 0.6 is 0 Å². The number of benzene rings is 1. The highest BCUT2D eigenvalue weighted by molar-refractivity contribution is 5.20. The molecule has 1 aromatic carbocycles. The highest BCUT2D eigenvalue weighted by Crippen LogP contribution is 2.21. The first-order chi connectivity index (χ1) is 10.6. The predicted molar refractivity (Wildman–Crippen MR) is 77.0 cm³/mol. The smallest absolute Gasteiger partial charge is 0.159 e. The molecule has 22 heavy (non-hydrogen) atoms. The van der Waals surface area contributed by atoms with Crippen LogP contribution in [0.15, 0.2) is 18.2 Å². The Hall–Kier alpha value is -1.55. The average molecular weight is 310 g/mol. The van der Waals surface area contributed by atoms with E-state index >= 15 is 0 Å². The van der Waals surface area contributed by atoms with E-state index in [1.54, 1.807) is 0 Å². The Morgan fingerprint density at radius 2 is 2.05 bits per heavy atom. The van der Waals surface area contributed by atoms with E-state index in [1.807, 2.05) is 4.90 Å². The molecule has 1 atom stereocenters. The molecule has 0 aliphatic carbocycles. The number of hydrogen-bond donors (Lipinski definition) is 1. The monoisotopic (exact) mass is 310 g/mol. The van der Waals surface area contributed by atoms with Gasteiger partial charge in [-0.2, -0.15) is 5.26 Å². The molecule has 0 aromatic heterocycles. The Balaban J connectivity index is 2.04. The number of hydrogen-bond acceptors (Lipinski definition) is 4. The van der Waals surface area contributed by atoms with E-state index in [0.29, 0.717) is 31.7 Å². The molecule has 4 nitrogen and oxygen atoms in total. The van der Waals surface area contributed by atoms with E-state index in [9.17, 15) is 13.9 Å². The first-order valence-corrected chi connectivity index (χ1v) is 7.43. The molecule has 1 aliphatic rings. The first-order valence-electron chi connectivity index (χ1n) is 7.43. The summed E-state index contributed by atoms with van der Waals surface area (Å²) in [6.07, 6.45) is 1.13. The van der Waals surface area contributed by atoms with Crippen LogP contribution in [0.2, 0.25) is 0 Å². The Morgan fingerprint density at radius 1 is 1.32 bits per heavy atom. The number of nitriles is 1. The van der Waals surface area contributed by atoms with Crippen LogP contribution in [0.3, 0.4) is 0 Å². The zero-order valence-corrected chi connectivity index (χ0v) is 12.3. The summed E-state index contributed by atoms with van der Waals surface area (Å²) < 4.78 is 31.6. The van der Waals surface area contributed by atoms with Crippen LogP contribution in [-0.4, -0.2) is 42.4 Å². The van der Waals surface area contributed by atoms with Gasteiger partial charge in [-0.25, -0.2) is 8.78 Å². The molecule has 1 fully saturated rings. The number of halogens is 2. The number of ether oxygens (including phenoxy) is 1. The second-order valence-electron chi connectivity index (χ2n) is 5.44. The van der Waals surface area contributed by atoms with Crippen molar-refractivity contribution in [3.05, 3.63) is 35.4 Å². The molecule has 120 valence electrons. The Kier molecular flexibility index (Phi) is 6.25. The zero-order valence-electron chi connectivity index (χ0n) is 12.3. The molecule has 1 unspecified atom stereocenters. The summed E-state index contributed by atoms with van der Waals surface area (Å²) in [4.78, 5) is 2.04. The highest BCUT2D eigenvalue weighted by Gasteiger charge is 2.24. The quantitative estimate of drug-likeness (QED) is 0.876. The minimum Gasteiger partial charge on any atom is -0.387 e. The van der Waals surface area contributed by atoms with E-state index < -0.39 is 17.7 Å². The van der Waals surface area contributed by atoms with Crippen molar-refractivity contribution in [3.8, 4) is 6.07 Å². The number of aliphatic hydroxyl groups excluding tert-OH is 1. The number of nitrogens with zero attached hydrogens (tertiary/aromatic N) is 2. The van der Waals surface area contributed by atoms with E-state index in [4.69, 9.17) is 10.00 Å². The molecule has 2 rings (SSSR count). The maximum atomic E-state index is 13.3. The van der Waals surface area contributed by atoms with Gasteiger partial charge in [-0.1, -0.05) is 6.07 Å². The van der Waals surface area contributed by atoms with Gasteiger partial charge in [0.15, 0.2) is 11.6 Å². The Labute approximate surface area is 128 Å². The molecule has 0 amide bonds. The minimum atomic E-state index is -0.966. The van der Waals surface area contributed by atoms with Crippen LogP contribution in [-0.2, 0) is 4.74 Å². The maximum absolute atomic E-state index is 13.3. The molecule has 0 bridgehead atoms. The van der Waals surface area contributed by atoms with E-state index in [1.165, 1.54) is 6.07 Å². The van der Waals surface area contributed by atoms with Gasteiger partial charge in [0.1, 0.15) is 0 Å². The lowest BCUT2D eigenvalue weighted by Crippen LogP contribution is -2.42. The van der Waals surface area contributed by atoms with Crippen LogP contribution < -0.4 is 0 Å². The highest BCUT2D eigenvalue weighted by atomic mass is 19.2. The second kappa shape index (κ2) is 8.18. The molecule has 0 spiro atoms. The molecule has 1 aliphatic heterocycles. The lowest BCUT2D eigenvalue weighted by molar-refractivity contribution is 0.0149. The molecule has 1 saturated heterocycles. The normalized spacial score (nSPS) is 17.4. The largest absolute Gasteiger partial charge is 0.387 e. The third-order valence-electron chi connectivity index (χ3n) is 3.95. The fourth-order valence-corrected chi connectivity index (χ4v) is 2.71. The van der Waals surface area contributed by atoms with E-state index in [2.05, 4.69) is 6.07 Å². The van der Waals surface area contributed by atoms with Crippen molar-refractivity contribution in [2.24, 2.45) is 0 Å². The van der Waals surface area contributed by atoms with Gasteiger partial charge in [0.25, 0.3) is 0 Å². The third kappa shape index (κ3) is 4.47.